The van der Waals surface area contributed by atoms with Gasteiger partial charge in [-0.1, -0.05) is 6.07 Å². The molecule has 0 bridgehead atoms. The van der Waals surface area contributed by atoms with Crippen LogP contribution in [-0.4, -0.2) is 11.1 Å². The first-order valence-corrected chi connectivity index (χ1v) is 4.33. The van der Waals surface area contributed by atoms with Crippen LogP contribution in [0.4, 0.5) is 5.69 Å². The van der Waals surface area contributed by atoms with Gasteiger partial charge in [0.25, 0.3) is 0 Å². The minimum Gasteiger partial charge on any atom is -0.481 e. The average molecular weight is 194 g/mol. The summed E-state index contributed by atoms with van der Waals surface area (Å²) in [6.45, 7) is 1.90. The molecule has 0 aromatic heterocycles. The lowest BCUT2D eigenvalue weighted by molar-refractivity contribution is -0.137. The van der Waals surface area contributed by atoms with Crippen molar-refractivity contribution in [1.29, 1.82) is 0 Å². The van der Waals surface area contributed by atoms with Crippen molar-refractivity contribution in [3.63, 3.8) is 0 Å². The topological polar surface area (TPSA) is 89.3 Å². The summed E-state index contributed by atoms with van der Waals surface area (Å²) < 4.78 is 0. The zero-order valence-electron chi connectivity index (χ0n) is 8.03. The second kappa shape index (κ2) is 4.11. The molecule has 4 nitrogen and oxygen atoms in total. The lowest BCUT2D eigenvalue weighted by Gasteiger charge is -2.11. The van der Waals surface area contributed by atoms with Crippen LogP contribution in [0.3, 0.4) is 0 Å². The number of rotatable bonds is 3. The maximum Gasteiger partial charge on any atom is 0.305 e. The highest BCUT2D eigenvalue weighted by molar-refractivity contribution is 5.68. The van der Waals surface area contributed by atoms with Crippen molar-refractivity contribution in [1.82, 2.24) is 0 Å². The van der Waals surface area contributed by atoms with Gasteiger partial charge in [0, 0.05) is 11.7 Å². The van der Waals surface area contributed by atoms with Crippen molar-refractivity contribution in [2.45, 2.75) is 19.4 Å². The summed E-state index contributed by atoms with van der Waals surface area (Å²) >= 11 is 0. The fourth-order valence-electron chi connectivity index (χ4n) is 1.36. The third kappa shape index (κ3) is 2.74. The van der Waals surface area contributed by atoms with Crippen molar-refractivity contribution in [2.75, 3.05) is 5.73 Å². The number of hydrogen-bond donors (Lipinski definition) is 3. The molecule has 0 heterocycles. The highest BCUT2D eigenvalue weighted by Crippen LogP contribution is 2.18. The lowest BCUT2D eigenvalue weighted by Crippen LogP contribution is -2.15. The summed E-state index contributed by atoms with van der Waals surface area (Å²) in [5, 5.41) is 8.57. The van der Waals surface area contributed by atoms with Gasteiger partial charge < -0.3 is 16.6 Å². The molecule has 0 spiro atoms. The Kier molecular flexibility index (Phi) is 3.09. The normalized spacial score (nSPS) is 12.4. The van der Waals surface area contributed by atoms with Crippen LogP contribution in [0.2, 0.25) is 0 Å². The second-order valence-electron chi connectivity index (χ2n) is 3.38. The van der Waals surface area contributed by atoms with E-state index in [0.717, 1.165) is 11.1 Å². The monoisotopic (exact) mass is 194 g/mol. The molecule has 0 aliphatic carbocycles. The van der Waals surface area contributed by atoms with Gasteiger partial charge in [-0.2, -0.15) is 0 Å². The largest absolute Gasteiger partial charge is 0.481 e. The molecule has 0 amide bonds. The summed E-state index contributed by atoms with van der Waals surface area (Å²) in [5.74, 6) is -0.905. The predicted molar refractivity (Wildman–Crippen MR) is 54.8 cm³/mol. The van der Waals surface area contributed by atoms with Gasteiger partial charge in [-0.25, -0.2) is 0 Å². The molecule has 1 aromatic rings. The number of aliphatic carboxylic acids is 1. The molecule has 0 aliphatic rings. The summed E-state index contributed by atoms with van der Waals surface area (Å²) in [4.78, 5) is 10.4. The third-order valence-electron chi connectivity index (χ3n) is 1.94. The average Bonchev–Trinajstić information content (AvgIpc) is 2.00. The quantitative estimate of drug-likeness (QED) is 0.627. The molecule has 1 rings (SSSR count). The van der Waals surface area contributed by atoms with Crippen LogP contribution in [0.25, 0.3) is 0 Å². The summed E-state index contributed by atoms with van der Waals surface area (Å²) in [5.41, 5.74) is 13.7. The molecule has 1 aromatic carbocycles. The third-order valence-corrected chi connectivity index (χ3v) is 1.94. The Morgan fingerprint density at radius 1 is 1.50 bits per heavy atom. The lowest BCUT2D eigenvalue weighted by atomic mass is 10.0. The number of nitrogens with two attached hydrogens (primary N) is 2. The predicted octanol–water partition coefficient (Wildman–Crippen LogP) is 1.05. The van der Waals surface area contributed by atoms with Gasteiger partial charge >= 0.3 is 5.97 Å². The van der Waals surface area contributed by atoms with Crippen LogP contribution in [0.15, 0.2) is 18.2 Å². The van der Waals surface area contributed by atoms with Crippen LogP contribution in [0.5, 0.6) is 0 Å². The van der Waals surface area contributed by atoms with Crippen LogP contribution in [-0.2, 0) is 4.79 Å². The first-order valence-electron chi connectivity index (χ1n) is 4.33. The molecule has 0 saturated heterocycles. The fourth-order valence-corrected chi connectivity index (χ4v) is 1.36. The summed E-state index contributed by atoms with van der Waals surface area (Å²) in [6, 6.07) is 4.89. The number of carboxylic acid groups (broad SMARTS) is 1. The molecule has 5 N–H and O–H groups in total. The van der Waals surface area contributed by atoms with Crippen LogP contribution < -0.4 is 11.5 Å². The number of benzene rings is 1. The molecule has 76 valence electrons. The molecular formula is C10H14N2O2. The van der Waals surface area contributed by atoms with E-state index in [4.69, 9.17) is 16.6 Å². The maximum atomic E-state index is 10.4. The number of carbonyl (C=O) groups is 1. The number of carboxylic acids is 1. The van der Waals surface area contributed by atoms with Gasteiger partial charge in [-0.05, 0) is 30.2 Å². The van der Waals surface area contributed by atoms with Crippen molar-refractivity contribution in [2.24, 2.45) is 5.73 Å². The number of aryl methyl sites for hydroxylation is 1. The highest BCUT2D eigenvalue weighted by Gasteiger charge is 2.10. The van der Waals surface area contributed by atoms with Crippen LogP contribution >= 0.6 is 0 Å². The van der Waals surface area contributed by atoms with Crippen LogP contribution in [0, 0.1) is 6.92 Å². The van der Waals surface area contributed by atoms with Crippen molar-refractivity contribution >= 4 is 11.7 Å². The standard InChI is InChI=1S/C10H14N2O2/c1-6-2-7(4-8(11)3-6)9(12)5-10(13)14/h2-4,9H,5,11-12H2,1H3,(H,13,14). The Balaban J connectivity index is 2.89. The van der Waals surface area contributed by atoms with E-state index in [0.29, 0.717) is 5.69 Å². The fraction of sp³-hybridized carbons (Fsp3) is 0.300. The summed E-state index contributed by atoms with van der Waals surface area (Å²) in [7, 11) is 0. The van der Waals surface area contributed by atoms with E-state index in [-0.39, 0.29) is 6.42 Å². The van der Waals surface area contributed by atoms with Crippen LogP contribution in [0.1, 0.15) is 23.6 Å². The molecule has 0 aliphatic heterocycles. The van der Waals surface area contributed by atoms with Gasteiger partial charge in [0.2, 0.25) is 0 Å². The minimum atomic E-state index is -0.905. The van der Waals surface area contributed by atoms with E-state index in [1.165, 1.54) is 0 Å². The Hall–Kier alpha value is -1.55. The van der Waals surface area contributed by atoms with Gasteiger partial charge in [0.05, 0.1) is 6.42 Å². The molecule has 4 heteroatoms. The Bertz CT molecular complexity index is 330. The molecule has 1 atom stereocenters. The number of nitrogen functional groups attached to an aromatic ring is 1. The Morgan fingerprint density at radius 3 is 2.64 bits per heavy atom. The molecular weight excluding hydrogens is 180 g/mol. The maximum absolute atomic E-state index is 10.4. The van der Waals surface area contributed by atoms with E-state index in [2.05, 4.69) is 0 Å². The molecule has 14 heavy (non-hydrogen) atoms. The molecule has 0 fully saturated rings. The molecule has 1 unspecified atom stereocenters. The van der Waals surface area contributed by atoms with E-state index in [1.807, 2.05) is 19.1 Å². The Labute approximate surface area is 82.5 Å². The number of anilines is 1. The first-order chi connectivity index (χ1) is 6.49. The van der Waals surface area contributed by atoms with E-state index >= 15 is 0 Å². The van der Waals surface area contributed by atoms with E-state index < -0.39 is 12.0 Å². The Morgan fingerprint density at radius 2 is 2.14 bits per heavy atom. The zero-order chi connectivity index (χ0) is 10.7. The van der Waals surface area contributed by atoms with Gasteiger partial charge in [-0.3, -0.25) is 4.79 Å². The second-order valence-corrected chi connectivity index (χ2v) is 3.38. The van der Waals surface area contributed by atoms with Crippen molar-refractivity contribution in [3.8, 4) is 0 Å². The van der Waals surface area contributed by atoms with Gasteiger partial charge in [-0.15, -0.1) is 0 Å². The van der Waals surface area contributed by atoms with Gasteiger partial charge in [0.15, 0.2) is 0 Å². The molecule has 0 saturated carbocycles. The van der Waals surface area contributed by atoms with Crippen molar-refractivity contribution in [3.05, 3.63) is 29.3 Å². The van der Waals surface area contributed by atoms with E-state index in [9.17, 15) is 4.79 Å². The van der Waals surface area contributed by atoms with E-state index in [1.54, 1.807) is 6.07 Å². The van der Waals surface area contributed by atoms with Gasteiger partial charge in [0.1, 0.15) is 0 Å². The highest BCUT2D eigenvalue weighted by atomic mass is 16.4. The zero-order valence-corrected chi connectivity index (χ0v) is 8.03. The van der Waals surface area contributed by atoms with Crippen molar-refractivity contribution < 1.29 is 9.90 Å². The molecule has 0 radical (unpaired) electrons. The first kappa shape index (κ1) is 10.5. The minimum absolute atomic E-state index is 0.0805. The smallest absolute Gasteiger partial charge is 0.305 e. The summed E-state index contributed by atoms with van der Waals surface area (Å²) in [6.07, 6.45) is -0.0805. The SMILES string of the molecule is Cc1cc(N)cc(C(N)CC(=O)O)c1. The number of hydrogen-bond acceptors (Lipinski definition) is 3.